The second-order valence-electron chi connectivity index (χ2n) is 5.70. The number of aliphatic imine (C=N–C) groups is 1. The van der Waals surface area contributed by atoms with Crippen LogP contribution in [-0.2, 0) is 24.9 Å². The zero-order valence-corrected chi connectivity index (χ0v) is 19.4. The molecular weight excluding hydrogens is 487 g/mol. The Kier molecular flexibility index (Phi) is 10.4. The van der Waals surface area contributed by atoms with Crippen molar-refractivity contribution in [3.05, 3.63) is 33.0 Å². The highest BCUT2D eigenvalue weighted by atomic mass is 127. The van der Waals surface area contributed by atoms with E-state index >= 15 is 0 Å². The average molecular weight is 513 g/mol. The van der Waals surface area contributed by atoms with Crippen molar-refractivity contribution in [3.63, 3.8) is 0 Å². The average Bonchev–Trinajstić information content (AvgIpc) is 3.13. The Hall–Kier alpha value is -0.910. The highest BCUT2D eigenvalue weighted by Gasteiger charge is 2.10. The minimum atomic E-state index is 0. The Morgan fingerprint density at radius 1 is 1.42 bits per heavy atom. The van der Waals surface area contributed by atoms with Gasteiger partial charge in [-0.1, -0.05) is 11.6 Å². The second kappa shape index (κ2) is 11.7. The molecule has 0 aromatic carbocycles. The molecule has 2 aromatic heterocycles. The van der Waals surface area contributed by atoms with Crippen LogP contribution < -0.4 is 5.32 Å². The van der Waals surface area contributed by atoms with Gasteiger partial charge in [0.1, 0.15) is 12.4 Å². The fraction of sp³-hybridized carbons (Fsp3) is 0.562. The molecule has 26 heavy (non-hydrogen) atoms. The number of guanidine groups is 1. The maximum absolute atomic E-state index is 6.03. The van der Waals surface area contributed by atoms with E-state index in [1.807, 2.05) is 37.7 Å². The number of halogens is 2. The van der Waals surface area contributed by atoms with Gasteiger partial charge in [0.15, 0.2) is 11.8 Å². The van der Waals surface area contributed by atoms with Crippen LogP contribution in [0.4, 0.5) is 0 Å². The van der Waals surface area contributed by atoms with E-state index in [2.05, 4.69) is 20.4 Å². The molecule has 1 N–H and O–H groups in total. The number of hydrogen-bond acceptors (Lipinski definition) is 5. The summed E-state index contributed by atoms with van der Waals surface area (Å²) in [7, 11) is 5.67. The number of hydrogen-bond donors (Lipinski definition) is 1. The number of nitrogens with one attached hydrogen (secondary N) is 1. The smallest absolute Gasteiger partial charge is 0.194 e. The van der Waals surface area contributed by atoms with Gasteiger partial charge in [-0.05, 0) is 25.5 Å². The van der Waals surface area contributed by atoms with Gasteiger partial charge >= 0.3 is 0 Å². The number of aromatic nitrogens is 3. The molecule has 2 aromatic rings. The van der Waals surface area contributed by atoms with Crippen molar-refractivity contribution >= 4 is 52.9 Å². The predicted octanol–water partition coefficient (Wildman–Crippen LogP) is 3.07. The van der Waals surface area contributed by atoms with Crippen LogP contribution in [0.5, 0.6) is 0 Å². The van der Waals surface area contributed by atoms with E-state index in [1.165, 1.54) is 4.88 Å². The summed E-state index contributed by atoms with van der Waals surface area (Å²) in [6.45, 7) is 4.65. The molecule has 0 unspecified atom stereocenters. The molecule has 0 atom stereocenters. The molecule has 0 spiro atoms. The summed E-state index contributed by atoms with van der Waals surface area (Å²) in [5.41, 5.74) is 0. The highest BCUT2D eigenvalue weighted by molar-refractivity contribution is 14.0. The van der Waals surface area contributed by atoms with Crippen LogP contribution in [0.1, 0.15) is 22.9 Å². The fourth-order valence-electron chi connectivity index (χ4n) is 2.21. The van der Waals surface area contributed by atoms with E-state index in [0.717, 1.165) is 41.5 Å². The lowest BCUT2D eigenvalue weighted by Gasteiger charge is -2.22. The van der Waals surface area contributed by atoms with Crippen LogP contribution in [0.3, 0.4) is 0 Å². The summed E-state index contributed by atoms with van der Waals surface area (Å²) >= 11 is 7.61. The molecule has 2 rings (SSSR count). The molecule has 0 fully saturated rings. The van der Waals surface area contributed by atoms with Crippen LogP contribution in [0.25, 0.3) is 0 Å². The van der Waals surface area contributed by atoms with Crippen molar-refractivity contribution in [3.8, 4) is 0 Å². The normalized spacial score (nSPS) is 11.3. The Labute approximate surface area is 180 Å². The summed E-state index contributed by atoms with van der Waals surface area (Å²) in [5, 5.41) is 11.6. The summed E-state index contributed by atoms with van der Waals surface area (Å²) in [6, 6.07) is 3.96. The highest BCUT2D eigenvalue weighted by Crippen LogP contribution is 2.22. The minimum absolute atomic E-state index is 0. The minimum Gasteiger partial charge on any atom is -0.385 e. The second-order valence-corrected chi connectivity index (χ2v) is 7.50. The van der Waals surface area contributed by atoms with Crippen molar-refractivity contribution in [1.82, 2.24) is 25.0 Å². The third-order valence-electron chi connectivity index (χ3n) is 3.74. The number of aryl methyl sites for hydroxylation is 1. The lowest BCUT2D eigenvalue weighted by Crippen LogP contribution is -2.39. The van der Waals surface area contributed by atoms with Gasteiger partial charge in [0.2, 0.25) is 0 Å². The first-order valence-corrected chi connectivity index (χ1v) is 9.28. The molecule has 0 bridgehead atoms. The maximum Gasteiger partial charge on any atom is 0.194 e. The first-order valence-electron chi connectivity index (χ1n) is 8.08. The zero-order valence-electron chi connectivity index (χ0n) is 15.5. The number of nitrogens with zero attached hydrogens (tertiary/aromatic N) is 5. The van der Waals surface area contributed by atoms with E-state index in [0.29, 0.717) is 13.2 Å². The molecule has 0 aliphatic carbocycles. The van der Waals surface area contributed by atoms with Gasteiger partial charge in [-0.2, -0.15) is 0 Å². The zero-order chi connectivity index (χ0) is 18.2. The van der Waals surface area contributed by atoms with Gasteiger partial charge in [-0.3, -0.25) is 0 Å². The third-order valence-corrected chi connectivity index (χ3v) is 4.96. The maximum atomic E-state index is 6.03. The van der Waals surface area contributed by atoms with E-state index in [4.69, 9.17) is 21.3 Å². The molecule has 7 nitrogen and oxygen atoms in total. The third kappa shape index (κ3) is 7.01. The molecule has 2 heterocycles. The first-order chi connectivity index (χ1) is 12.0. The van der Waals surface area contributed by atoms with Gasteiger partial charge in [0.05, 0.1) is 10.9 Å². The van der Waals surface area contributed by atoms with Gasteiger partial charge in [-0.15, -0.1) is 45.5 Å². The van der Waals surface area contributed by atoms with Crippen molar-refractivity contribution in [2.24, 2.45) is 12.0 Å². The summed E-state index contributed by atoms with van der Waals surface area (Å²) in [6.07, 6.45) is 0.914. The van der Waals surface area contributed by atoms with Gasteiger partial charge in [0, 0.05) is 39.2 Å². The van der Waals surface area contributed by atoms with E-state index in [1.54, 1.807) is 18.4 Å². The Morgan fingerprint density at radius 2 is 2.19 bits per heavy atom. The fourth-order valence-corrected chi connectivity index (χ4v) is 3.35. The largest absolute Gasteiger partial charge is 0.385 e. The lowest BCUT2D eigenvalue weighted by molar-refractivity contribution is 0.195. The van der Waals surface area contributed by atoms with Gasteiger partial charge in [0.25, 0.3) is 0 Å². The van der Waals surface area contributed by atoms with Crippen molar-refractivity contribution in [2.75, 3.05) is 27.3 Å². The summed E-state index contributed by atoms with van der Waals surface area (Å²) in [4.78, 5) is 7.98. The van der Waals surface area contributed by atoms with Crippen LogP contribution in [-0.4, -0.2) is 52.9 Å². The van der Waals surface area contributed by atoms with Crippen molar-refractivity contribution < 1.29 is 4.74 Å². The monoisotopic (exact) mass is 512 g/mol. The summed E-state index contributed by atoms with van der Waals surface area (Å²) in [5.74, 6) is 2.53. The van der Waals surface area contributed by atoms with Crippen LogP contribution >= 0.6 is 46.9 Å². The van der Waals surface area contributed by atoms with Crippen molar-refractivity contribution in [1.29, 1.82) is 0 Å². The molecule has 0 amide bonds. The first kappa shape index (κ1) is 23.1. The summed E-state index contributed by atoms with van der Waals surface area (Å²) < 4.78 is 7.85. The molecule has 0 saturated carbocycles. The Bertz CT molecular complexity index is 705. The number of rotatable bonds is 8. The van der Waals surface area contributed by atoms with E-state index in [-0.39, 0.29) is 24.0 Å². The molecule has 0 radical (unpaired) electrons. The molecule has 0 saturated heterocycles. The molecule has 10 heteroatoms. The molecule has 0 aliphatic heterocycles. The Morgan fingerprint density at radius 3 is 2.77 bits per heavy atom. The van der Waals surface area contributed by atoms with Crippen LogP contribution in [0.2, 0.25) is 4.34 Å². The topological polar surface area (TPSA) is 67.6 Å². The van der Waals surface area contributed by atoms with Gasteiger partial charge in [-0.25, -0.2) is 4.99 Å². The quantitative estimate of drug-likeness (QED) is 0.255. The van der Waals surface area contributed by atoms with Crippen LogP contribution in [0, 0.1) is 6.92 Å². The lowest BCUT2D eigenvalue weighted by atomic mass is 10.4. The van der Waals surface area contributed by atoms with Crippen molar-refractivity contribution in [2.45, 2.75) is 26.4 Å². The Balaban J connectivity index is 0.00000338. The number of thiophene rings is 1. The molecule has 0 aliphatic rings. The van der Waals surface area contributed by atoms with E-state index in [9.17, 15) is 0 Å². The SMILES string of the molecule is COCCCNC(=NCc1nnc(C)n1C)N(C)Cc1ccc(Cl)s1.I. The number of ether oxygens (including phenoxy) is 1. The predicted molar refractivity (Wildman–Crippen MR) is 118 cm³/mol. The van der Waals surface area contributed by atoms with E-state index < -0.39 is 0 Å². The standard InChI is InChI=1S/C16H25ClN6OS.HI/c1-12-20-21-15(23(12)3)10-19-16(18-8-5-9-24-4)22(2)11-13-6-7-14(17)25-13;/h6-7H,5,8-11H2,1-4H3,(H,18,19);1H. The van der Waals surface area contributed by atoms with Gasteiger partial charge < -0.3 is 19.5 Å². The number of methoxy groups -OCH3 is 1. The molecule has 146 valence electrons. The van der Waals surface area contributed by atoms with Crippen LogP contribution in [0.15, 0.2) is 17.1 Å². The molecular formula is C16H26ClIN6OS.